The van der Waals surface area contributed by atoms with Gasteiger partial charge in [0.05, 0.1) is 19.8 Å². The highest BCUT2D eigenvalue weighted by Gasteiger charge is 2.37. The maximum atomic E-state index is 13.2. The van der Waals surface area contributed by atoms with Crippen LogP contribution in [0.2, 0.25) is 18.1 Å². The maximum absolute atomic E-state index is 13.2. The molecule has 0 heterocycles. The fraction of sp³-hybridized carbons (Fsp3) is 0.478. The summed E-state index contributed by atoms with van der Waals surface area (Å²) in [5.74, 6) is 0. The normalized spacial score (nSPS) is 12.8. The molecule has 5 nitrogen and oxygen atoms in total. The monoisotopic (exact) mass is 450 g/mol. The van der Waals surface area contributed by atoms with Gasteiger partial charge in [0.2, 0.25) is 0 Å². The van der Waals surface area contributed by atoms with Gasteiger partial charge in [0.15, 0.2) is 8.32 Å². The largest absolute Gasteiger partial charge is 0.475 e. The Bertz CT molecular complexity index is 743. The molecule has 0 aliphatic rings. The van der Waals surface area contributed by atoms with Gasteiger partial charge in [-0.05, 0) is 35.7 Å². The summed E-state index contributed by atoms with van der Waals surface area (Å²) in [5, 5.41) is 0.154. The number of phosphoric acid groups is 1. The van der Waals surface area contributed by atoms with Crippen LogP contribution in [-0.4, -0.2) is 21.5 Å². The Kier molecular flexibility index (Phi) is 9.48. The highest BCUT2D eigenvalue weighted by atomic mass is 31.2. The lowest BCUT2D eigenvalue weighted by Crippen LogP contribution is -2.41. The first-order valence-corrected chi connectivity index (χ1v) is 14.7. The second-order valence-electron chi connectivity index (χ2n) is 8.76. The Balaban J connectivity index is 1.89. The summed E-state index contributed by atoms with van der Waals surface area (Å²) < 4.78 is 36.2. The van der Waals surface area contributed by atoms with Crippen molar-refractivity contribution in [2.24, 2.45) is 0 Å². The Morgan fingerprint density at radius 2 is 1.23 bits per heavy atom. The van der Waals surface area contributed by atoms with Crippen LogP contribution in [0.25, 0.3) is 0 Å². The first-order chi connectivity index (χ1) is 14.1. The van der Waals surface area contributed by atoms with E-state index in [0.29, 0.717) is 13.0 Å². The van der Waals surface area contributed by atoms with Gasteiger partial charge in [-0.3, -0.25) is 13.6 Å². The van der Waals surface area contributed by atoms with Gasteiger partial charge in [-0.25, -0.2) is 4.57 Å². The predicted molar refractivity (Wildman–Crippen MR) is 124 cm³/mol. The van der Waals surface area contributed by atoms with E-state index in [9.17, 15) is 4.57 Å². The van der Waals surface area contributed by atoms with E-state index in [2.05, 4.69) is 33.9 Å². The number of rotatable bonds is 12. The van der Waals surface area contributed by atoms with Gasteiger partial charge in [0.1, 0.15) is 0 Å². The molecule has 0 amide bonds. The number of benzene rings is 2. The van der Waals surface area contributed by atoms with Crippen LogP contribution >= 0.6 is 7.82 Å². The Labute approximate surface area is 182 Å². The van der Waals surface area contributed by atoms with Crippen molar-refractivity contribution in [2.75, 3.05) is 13.2 Å². The quantitative estimate of drug-likeness (QED) is 0.199. The predicted octanol–water partition coefficient (Wildman–Crippen LogP) is 6.96. The van der Waals surface area contributed by atoms with Gasteiger partial charge < -0.3 is 4.43 Å². The van der Waals surface area contributed by atoms with Gasteiger partial charge in [-0.15, -0.1) is 0 Å². The third kappa shape index (κ3) is 8.46. The van der Waals surface area contributed by atoms with E-state index in [-0.39, 0.29) is 24.9 Å². The summed E-state index contributed by atoms with van der Waals surface area (Å²) >= 11 is 0. The van der Waals surface area contributed by atoms with Crippen molar-refractivity contribution in [1.29, 1.82) is 0 Å². The SMILES string of the molecule is CC(C)(C)[Si](C)(C)OCCCOP(=O)(OCc1ccccc1)OCc1ccccc1. The third-order valence-electron chi connectivity index (χ3n) is 5.27. The summed E-state index contributed by atoms with van der Waals surface area (Å²) in [6.45, 7) is 12.2. The van der Waals surface area contributed by atoms with Crippen LogP contribution < -0.4 is 0 Å². The minimum atomic E-state index is -3.71. The number of phosphoric ester groups is 1. The first-order valence-electron chi connectivity index (χ1n) is 10.4. The average molecular weight is 451 g/mol. The van der Waals surface area contributed by atoms with E-state index in [0.717, 1.165) is 11.1 Å². The first kappa shape index (κ1) is 25.0. The molecule has 0 N–H and O–H groups in total. The van der Waals surface area contributed by atoms with Crippen LogP contribution in [0.15, 0.2) is 60.7 Å². The van der Waals surface area contributed by atoms with Crippen molar-refractivity contribution in [3.63, 3.8) is 0 Å². The minimum absolute atomic E-state index is 0.154. The molecule has 0 atom stereocenters. The summed E-state index contributed by atoms with van der Waals surface area (Å²) in [5.41, 5.74) is 1.82. The highest BCUT2D eigenvalue weighted by molar-refractivity contribution is 7.48. The van der Waals surface area contributed by atoms with Crippen molar-refractivity contribution in [3.05, 3.63) is 71.8 Å². The van der Waals surface area contributed by atoms with Crippen molar-refractivity contribution in [3.8, 4) is 0 Å². The molecular formula is C23H35O5PSi. The van der Waals surface area contributed by atoms with Crippen LogP contribution in [0.1, 0.15) is 38.3 Å². The zero-order valence-electron chi connectivity index (χ0n) is 18.8. The van der Waals surface area contributed by atoms with Crippen LogP contribution in [0.3, 0.4) is 0 Å². The third-order valence-corrected chi connectivity index (χ3v) is 11.2. The van der Waals surface area contributed by atoms with Gasteiger partial charge >= 0.3 is 7.82 Å². The molecule has 2 aromatic carbocycles. The molecule has 0 unspecified atom stereocenters. The van der Waals surface area contributed by atoms with E-state index in [1.165, 1.54) is 0 Å². The fourth-order valence-electron chi connectivity index (χ4n) is 2.35. The Hall–Kier alpha value is -1.27. The molecule has 0 bridgehead atoms. The Morgan fingerprint density at radius 1 is 0.767 bits per heavy atom. The molecule has 0 saturated carbocycles. The molecule has 0 saturated heterocycles. The number of hydrogen-bond donors (Lipinski definition) is 0. The molecule has 0 aromatic heterocycles. The molecule has 0 radical (unpaired) electrons. The fourth-order valence-corrected chi connectivity index (χ4v) is 4.62. The molecule has 0 fully saturated rings. The minimum Gasteiger partial charge on any atom is -0.417 e. The summed E-state index contributed by atoms with van der Waals surface area (Å²) in [6.07, 6.45) is 0.625. The average Bonchev–Trinajstić information content (AvgIpc) is 2.71. The van der Waals surface area contributed by atoms with E-state index in [4.69, 9.17) is 18.0 Å². The van der Waals surface area contributed by atoms with Gasteiger partial charge in [0, 0.05) is 6.61 Å². The van der Waals surface area contributed by atoms with Crippen LogP contribution in [-0.2, 0) is 35.8 Å². The van der Waals surface area contributed by atoms with Crippen molar-refractivity contribution >= 4 is 16.1 Å². The smallest absolute Gasteiger partial charge is 0.417 e. The second kappa shape index (κ2) is 11.4. The zero-order chi connectivity index (χ0) is 22.1. The summed E-state index contributed by atoms with van der Waals surface area (Å²) in [4.78, 5) is 0. The Morgan fingerprint density at radius 3 is 1.67 bits per heavy atom. The molecule has 0 aliphatic carbocycles. The number of hydrogen-bond acceptors (Lipinski definition) is 5. The molecule has 7 heteroatoms. The van der Waals surface area contributed by atoms with E-state index < -0.39 is 16.1 Å². The maximum Gasteiger partial charge on any atom is 0.475 e. The lowest BCUT2D eigenvalue weighted by molar-refractivity contribution is 0.0978. The second-order valence-corrected chi connectivity index (χ2v) is 15.2. The van der Waals surface area contributed by atoms with Crippen LogP contribution in [0.4, 0.5) is 0 Å². The molecule has 0 spiro atoms. The molecular weight excluding hydrogens is 415 g/mol. The van der Waals surface area contributed by atoms with Crippen LogP contribution in [0, 0.1) is 0 Å². The summed E-state index contributed by atoms with van der Waals surface area (Å²) in [6, 6.07) is 19.1. The standard InChI is InChI=1S/C23H35O5PSi/c1-23(2,3)30(4,5)28-18-12-17-25-29(24,26-19-21-13-8-6-9-14-21)27-20-22-15-10-7-11-16-22/h6-11,13-16H,12,17-20H2,1-5H3. The van der Waals surface area contributed by atoms with Gasteiger partial charge in [0.25, 0.3) is 0 Å². The molecule has 2 aromatic rings. The van der Waals surface area contributed by atoms with Gasteiger partial charge in [-0.1, -0.05) is 81.4 Å². The molecule has 166 valence electrons. The lowest BCUT2D eigenvalue weighted by Gasteiger charge is -2.36. The molecule has 30 heavy (non-hydrogen) atoms. The molecule has 2 rings (SSSR count). The zero-order valence-corrected chi connectivity index (χ0v) is 20.7. The summed E-state index contributed by atoms with van der Waals surface area (Å²) in [7, 11) is -5.51. The van der Waals surface area contributed by atoms with Gasteiger partial charge in [-0.2, -0.15) is 0 Å². The van der Waals surface area contributed by atoms with Crippen LogP contribution in [0.5, 0.6) is 0 Å². The topological polar surface area (TPSA) is 54.0 Å². The van der Waals surface area contributed by atoms with Crippen molar-refractivity contribution < 1.29 is 22.6 Å². The van der Waals surface area contributed by atoms with E-state index in [1.807, 2.05) is 60.7 Å². The van der Waals surface area contributed by atoms with E-state index in [1.54, 1.807) is 0 Å². The molecule has 0 aliphatic heterocycles. The van der Waals surface area contributed by atoms with E-state index >= 15 is 0 Å². The lowest BCUT2D eigenvalue weighted by atomic mass is 10.2. The highest BCUT2D eigenvalue weighted by Crippen LogP contribution is 2.51. The van der Waals surface area contributed by atoms with Crippen molar-refractivity contribution in [1.82, 2.24) is 0 Å². The van der Waals surface area contributed by atoms with Crippen molar-refractivity contribution in [2.45, 2.75) is 58.5 Å².